The maximum absolute atomic E-state index is 12.8. The third kappa shape index (κ3) is 4.88. The molecule has 2 amide bonds. The summed E-state index contributed by atoms with van der Waals surface area (Å²) in [5, 5.41) is 5.59. The minimum atomic E-state index is -3.36. The van der Waals surface area contributed by atoms with Crippen LogP contribution in [0.25, 0.3) is 11.4 Å². The van der Waals surface area contributed by atoms with Gasteiger partial charge >= 0.3 is 6.03 Å². The van der Waals surface area contributed by atoms with Crippen LogP contribution in [0.4, 0.5) is 16.3 Å². The lowest BCUT2D eigenvalue weighted by atomic mass is 9.81. The molecule has 10 heteroatoms. The first-order chi connectivity index (χ1) is 16.1. The largest absolute Gasteiger partial charge is 0.377 e. The van der Waals surface area contributed by atoms with Gasteiger partial charge in [-0.25, -0.2) is 23.2 Å². The maximum atomic E-state index is 12.8. The second-order valence-electron chi connectivity index (χ2n) is 9.50. The summed E-state index contributed by atoms with van der Waals surface area (Å²) in [5.41, 5.74) is 1.95. The number of morpholine rings is 1. The summed E-state index contributed by atoms with van der Waals surface area (Å²) in [6.07, 6.45) is 3.28. The zero-order valence-electron chi connectivity index (χ0n) is 20.2. The molecule has 2 fully saturated rings. The standard InChI is InChI=1S/C24H33N5O4S/c1-16(2)25-23(30)26-19-8-6-18(7-9-19)22-27-20(24(10-5-11-24)34(4,31)32)14-21(28-22)29-12-13-33-15-17(29)3/h6-9,14,16-17H,5,10-13,15H2,1-4H3,(H2,25,26,30)/t17-/m0/s1. The second-order valence-corrected chi connectivity index (χ2v) is 11.8. The van der Waals surface area contributed by atoms with Crippen molar-refractivity contribution < 1.29 is 17.9 Å². The number of sulfone groups is 1. The number of amides is 2. The molecule has 1 aliphatic heterocycles. The minimum Gasteiger partial charge on any atom is -0.377 e. The van der Waals surface area contributed by atoms with Gasteiger partial charge in [0.15, 0.2) is 15.7 Å². The number of rotatable bonds is 6. The number of carbonyl (C=O) groups is 1. The molecule has 1 aliphatic carbocycles. The number of nitrogens with zero attached hydrogens (tertiary/aromatic N) is 3. The van der Waals surface area contributed by atoms with Crippen molar-refractivity contribution in [1.29, 1.82) is 0 Å². The fourth-order valence-electron chi connectivity index (χ4n) is 4.46. The van der Waals surface area contributed by atoms with Gasteiger partial charge in [-0.05, 0) is 64.3 Å². The summed E-state index contributed by atoms with van der Waals surface area (Å²) in [6, 6.07) is 8.98. The number of nitrogens with one attached hydrogen (secondary N) is 2. The van der Waals surface area contributed by atoms with Crippen molar-refractivity contribution >= 4 is 27.4 Å². The van der Waals surface area contributed by atoms with E-state index in [4.69, 9.17) is 14.7 Å². The van der Waals surface area contributed by atoms with Crippen LogP contribution in [0.5, 0.6) is 0 Å². The molecule has 2 aromatic rings. The van der Waals surface area contributed by atoms with E-state index in [9.17, 15) is 13.2 Å². The molecule has 1 saturated heterocycles. The minimum absolute atomic E-state index is 0.0325. The van der Waals surface area contributed by atoms with Gasteiger partial charge in [-0.15, -0.1) is 0 Å². The third-order valence-corrected chi connectivity index (χ3v) is 8.57. The van der Waals surface area contributed by atoms with Gasteiger partial charge in [-0.2, -0.15) is 0 Å². The first-order valence-corrected chi connectivity index (χ1v) is 13.6. The fourth-order valence-corrected chi connectivity index (χ4v) is 5.97. The molecule has 1 aromatic carbocycles. The van der Waals surface area contributed by atoms with E-state index in [1.165, 1.54) is 6.26 Å². The van der Waals surface area contributed by atoms with E-state index < -0.39 is 14.6 Å². The van der Waals surface area contributed by atoms with Gasteiger partial charge < -0.3 is 20.3 Å². The molecule has 184 valence electrons. The van der Waals surface area contributed by atoms with Crippen molar-refractivity contribution in [3.05, 3.63) is 36.0 Å². The Hall–Kier alpha value is -2.72. The number of benzene rings is 1. The Kier molecular flexibility index (Phi) is 6.82. The third-order valence-electron chi connectivity index (χ3n) is 6.53. The number of urea groups is 1. The second kappa shape index (κ2) is 9.50. The smallest absolute Gasteiger partial charge is 0.319 e. The van der Waals surface area contributed by atoms with Crippen LogP contribution in [0.15, 0.2) is 30.3 Å². The normalized spacial score (nSPS) is 20.0. The number of hydrogen-bond donors (Lipinski definition) is 2. The van der Waals surface area contributed by atoms with E-state index in [2.05, 4.69) is 22.5 Å². The Morgan fingerprint density at radius 1 is 1.21 bits per heavy atom. The highest BCUT2D eigenvalue weighted by atomic mass is 32.2. The van der Waals surface area contributed by atoms with E-state index in [1.807, 2.05) is 32.0 Å². The van der Waals surface area contributed by atoms with Gasteiger partial charge in [0, 0.05) is 36.2 Å². The lowest BCUT2D eigenvalue weighted by molar-refractivity contribution is 0.0985. The van der Waals surface area contributed by atoms with Crippen LogP contribution >= 0.6 is 0 Å². The lowest BCUT2D eigenvalue weighted by Crippen LogP contribution is -2.45. The first kappa shape index (κ1) is 24.4. The molecule has 1 saturated carbocycles. The summed E-state index contributed by atoms with van der Waals surface area (Å²) in [7, 11) is -3.36. The topological polar surface area (TPSA) is 114 Å². The van der Waals surface area contributed by atoms with Crippen molar-refractivity contribution in [3.8, 4) is 11.4 Å². The van der Waals surface area contributed by atoms with Crippen LogP contribution < -0.4 is 15.5 Å². The highest BCUT2D eigenvalue weighted by Crippen LogP contribution is 2.48. The maximum Gasteiger partial charge on any atom is 0.319 e. The zero-order chi connectivity index (χ0) is 24.5. The molecule has 0 radical (unpaired) electrons. The SMILES string of the molecule is CC(C)NC(=O)Nc1ccc(-c2nc(N3CCOC[C@@H]3C)cc(C3(S(C)(=O)=O)CCC3)n2)cc1. The summed E-state index contributed by atoms with van der Waals surface area (Å²) in [4.78, 5) is 23.7. The summed E-state index contributed by atoms with van der Waals surface area (Å²) >= 11 is 0. The van der Waals surface area contributed by atoms with Crippen LogP contribution in [0.3, 0.4) is 0 Å². The summed E-state index contributed by atoms with van der Waals surface area (Å²) in [6.45, 7) is 7.71. The molecular weight excluding hydrogens is 454 g/mol. The van der Waals surface area contributed by atoms with Gasteiger partial charge in [0.25, 0.3) is 0 Å². The molecule has 0 bridgehead atoms. The van der Waals surface area contributed by atoms with Crippen LogP contribution in [-0.2, 0) is 19.3 Å². The van der Waals surface area contributed by atoms with E-state index >= 15 is 0 Å². The number of aromatic nitrogens is 2. The Morgan fingerprint density at radius 2 is 1.91 bits per heavy atom. The Balaban J connectivity index is 1.72. The number of anilines is 2. The van der Waals surface area contributed by atoms with Crippen LogP contribution in [0.2, 0.25) is 0 Å². The van der Waals surface area contributed by atoms with Crippen molar-refractivity contribution in [2.24, 2.45) is 0 Å². The zero-order valence-corrected chi connectivity index (χ0v) is 21.0. The molecule has 0 spiro atoms. The molecule has 4 rings (SSSR count). The fraction of sp³-hybridized carbons (Fsp3) is 0.542. The molecule has 34 heavy (non-hydrogen) atoms. The molecule has 0 unspecified atom stereocenters. The molecule has 1 atom stereocenters. The Labute approximate surface area is 201 Å². The number of carbonyl (C=O) groups excluding carboxylic acids is 1. The Bertz CT molecular complexity index is 1150. The highest BCUT2D eigenvalue weighted by Gasteiger charge is 2.49. The van der Waals surface area contributed by atoms with Crippen molar-refractivity contribution in [2.75, 3.05) is 36.2 Å². The lowest BCUT2D eigenvalue weighted by Gasteiger charge is -2.40. The number of hydrogen-bond acceptors (Lipinski definition) is 7. The predicted molar refractivity (Wildman–Crippen MR) is 133 cm³/mol. The Morgan fingerprint density at radius 3 is 2.47 bits per heavy atom. The van der Waals surface area contributed by atoms with Crippen LogP contribution in [0, 0.1) is 0 Å². The van der Waals surface area contributed by atoms with E-state index in [0.717, 1.165) is 12.0 Å². The molecule has 9 nitrogen and oxygen atoms in total. The molecule has 2 heterocycles. The molecule has 2 aliphatic rings. The quantitative estimate of drug-likeness (QED) is 0.642. The molecule has 1 aromatic heterocycles. The molecular formula is C24H33N5O4S. The first-order valence-electron chi connectivity index (χ1n) is 11.7. The van der Waals surface area contributed by atoms with E-state index in [0.29, 0.717) is 55.6 Å². The van der Waals surface area contributed by atoms with Crippen molar-refractivity contribution in [1.82, 2.24) is 15.3 Å². The number of ether oxygens (including phenoxy) is 1. The van der Waals surface area contributed by atoms with Gasteiger partial charge in [-0.1, -0.05) is 0 Å². The highest BCUT2D eigenvalue weighted by molar-refractivity contribution is 7.91. The monoisotopic (exact) mass is 487 g/mol. The van der Waals surface area contributed by atoms with Crippen LogP contribution in [-0.4, -0.2) is 62.5 Å². The van der Waals surface area contributed by atoms with Crippen molar-refractivity contribution in [3.63, 3.8) is 0 Å². The van der Waals surface area contributed by atoms with Crippen molar-refractivity contribution in [2.45, 2.75) is 56.9 Å². The molecule has 2 N–H and O–H groups in total. The predicted octanol–water partition coefficient (Wildman–Crippen LogP) is 3.32. The van der Waals surface area contributed by atoms with E-state index in [1.54, 1.807) is 12.1 Å². The summed E-state index contributed by atoms with van der Waals surface area (Å²) in [5.74, 6) is 1.18. The van der Waals surface area contributed by atoms with Crippen LogP contribution in [0.1, 0.15) is 45.7 Å². The van der Waals surface area contributed by atoms with Gasteiger partial charge in [0.05, 0.1) is 24.9 Å². The average Bonchev–Trinajstić information content (AvgIpc) is 2.72. The van der Waals surface area contributed by atoms with Gasteiger partial charge in [0.1, 0.15) is 10.6 Å². The van der Waals surface area contributed by atoms with E-state index in [-0.39, 0.29) is 18.1 Å². The van der Waals surface area contributed by atoms with Gasteiger partial charge in [-0.3, -0.25) is 0 Å². The van der Waals surface area contributed by atoms with Gasteiger partial charge in [0.2, 0.25) is 0 Å². The summed E-state index contributed by atoms with van der Waals surface area (Å²) < 4.78 is 30.3. The average molecular weight is 488 g/mol.